The van der Waals surface area contributed by atoms with Crippen molar-refractivity contribution in [3.8, 4) is 0 Å². The SMILES string of the molecule is Cc1c(C=O)ccc(N2CC(C)(C)N[C@H]3CCCC[C@@H]32)c1F. The lowest BCUT2D eigenvalue weighted by Crippen LogP contribution is -2.67. The fourth-order valence-electron chi connectivity index (χ4n) is 4.04. The van der Waals surface area contributed by atoms with Crippen molar-refractivity contribution in [3.05, 3.63) is 29.1 Å². The van der Waals surface area contributed by atoms with Crippen molar-refractivity contribution in [2.24, 2.45) is 0 Å². The van der Waals surface area contributed by atoms with Crippen molar-refractivity contribution >= 4 is 12.0 Å². The number of hydrogen-bond donors (Lipinski definition) is 1. The van der Waals surface area contributed by atoms with Crippen molar-refractivity contribution in [3.63, 3.8) is 0 Å². The van der Waals surface area contributed by atoms with Gasteiger partial charge in [-0.15, -0.1) is 0 Å². The van der Waals surface area contributed by atoms with Crippen LogP contribution >= 0.6 is 0 Å². The predicted molar refractivity (Wildman–Crippen MR) is 87.1 cm³/mol. The van der Waals surface area contributed by atoms with E-state index in [1.165, 1.54) is 12.8 Å². The van der Waals surface area contributed by atoms with Crippen molar-refractivity contribution < 1.29 is 9.18 Å². The number of nitrogens with zero attached hydrogens (tertiary/aromatic N) is 1. The smallest absolute Gasteiger partial charge is 0.150 e. The summed E-state index contributed by atoms with van der Waals surface area (Å²) in [7, 11) is 0. The molecule has 0 amide bonds. The number of anilines is 1. The Morgan fingerprint density at radius 3 is 2.77 bits per heavy atom. The summed E-state index contributed by atoms with van der Waals surface area (Å²) < 4.78 is 14.8. The van der Waals surface area contributed by atoms with Crippen molar-refractivity contribution in [2.45, 2.75) is 64.1 Å². The molecule has 1 aliphatic carbocycles. The first-order valence-electron chi connectivity index (χ1n) is 8.21. The second kappa shape index (κ2) is 5.65. The summed E-state index contributed by atoms with van der Waals surface area (Å²) in [6.45, 7) is 6.82. The highest BCUT2D eigenvalue weighted by Crippen LogP contribution is 2.35. The highest BCUT2D eigenvalue weighted by molar-refractivity contribution is 5.78. The number of benzene rings is 1. The van der Waals surface area contributed by atoms with Gasteiger partial charge in [-0.1, -0.05) is 12.8 Å². The summed E-state index contributed by atoms with van der Waals surface area (Å²) >= 11 is 0. The van der Waals surface area contributed by atoms with Crippen LogP contribution in [0.4, 0.5) is 10.1 Å². The molecule has 0 radical (unpaired) electrons. The molecule has 1 N–H and O–H groups in total. The van der Waals surface area contributed by atoms with Crippen LogP contribution in [0.2, 0.25) is 0 Å². The molecule has 3 nitrogen and oxygen atoms in total. The van der Waals surface area contributed by atoms with Gasteiger partial charge in [0.1, 0.15) is 12.1 Å². The van der Waals surface area contributed by atoms with Crippen LogP contribution in [0.1, 0.15) is 55.5 Å². The zero-order valence-electron chi connectivity index (χ0n) is 13.7. The standard InChI is InChI=1S/C18H25FN2O/c1-12-13(10-22)8-9-16(17(12)19)21-11-18(2,3)20-14-6-4-5-7-15(14)21/h8-10,14-15,20H,4-7,11H2,1-3H3/t14-,15-/m0/s1. The zero-order valence-corrected chi connectivity index (χ0v) is 13.7. The van der Waals surface area contributed by atoms with E-state index in [4.69, 9.17) is 0 Å². The molecule has 1 aliphatic heterocycles. The van der Waals surface area contributed by atoms with E-state index in [0.717, 1.165) is 25.7 Å². The molecule has 0 bridgehead atoms. The average Bonchev–Trinajstić information content (AvgIpc) is 2.48. The lowest BCUT2D eigenvalue weighted by Gasteiger charge is -2.52. The van der Waals surface area contributed by atoms with Crippen LogP contribution in [0.3, 0.4) is 0 Å². The van der Waals surface area contributed by atoms with Gasteiger partial charge in [0.25, 0.3) is 0 Å². The Hall–Kier alpha value is -1.42. The van der Waals surface area contributed by atoms with E-state index in [2.05, 4.69) is 24.1 Å². The van der Waals surface area contributed by atoms with Gasteiger partial charge in [0.05, 0.1) is 5.69 Å². The van der Waals surface area contributed by atoms with Gasteiger partial charge in [0, 0.05) is 29.7 Å². The number of aldehydes is 1. The van der Waals surface area contributed by atoms with Crippen molar-refractivity contribution in [1.82, 2.24) is 5.32 Å². The Labute approximate surface area is 131 Å². The maximum atomic E-state index is 14.8. The van der Waals surface area contributed by atoms with E-state index in [0.29, 0.717) is 28.9 Å². The van der Waals surface area contributed by atoms with E-state index in [-0.39, 0.29) is 11.4 Å². The molecule has 1 heterocycles. The molecule has 3 rings (SSSR count). The molecule has 22 heavy (non-hydrogen) atoms. The van der Waals surface area contributed by atoms with Crippen LogP contribution in [-0.4, -0.2) is 30.5 Å². The molecule has 2 aliphatic rings. The number of rotatable bonds is 2. The van der Waals surface area contributed by atoms with Crippen LogP contribution < -0.4 is 10.2 Å². The third-order valence-electron chi connectivity index (χ3n) is 5.12. The molecule has 0 aromatic heterocycles. The molecule has 1 aromatic rings. The Balaban J connectivity index is 2.01. The topological polar surface area (TPSA) is 32.3 Å². The summed E-state index contributed by atoms with van der Waals surface area (Å²) in [5.41, 5.74) is 1.50. The van der Waals surface area contributed by atoms with Gasteiger partial charge in [-0.3, -0.25) is 4.79 Å². The van der Waals surface area contributed by atoms with Crippen LogP contribution in [0.5, 0.6) is 0 Å². The quantitative estimate of drug-likeness (QED) is 0.849. The Kier molecular flexibility index (Phi) is 3.98. The van der Waals surface area contributed by atoms with Gasteiger partial charge in [0.2, 0.25) is 0 Å². The predicted octanol–water partition coefficient (Wildman–Crippen LogP) is 3.45. The van der Waals surface area contributed by atoms with Gasteiger partial charge >= 0.3 is 0 Å². The Bertz CT molecular complexity index is 585. The van der Waals surface area contributed by atoms with Crippen molar-refractivity contribution in [1.29, 1.82) is 0 Å². The van der Waals surface area contributed by atoms with Gasteiger partial charge in [-0.05, 0) is 51.3 Å². The third kappa shape index (κ3) is 2.65. The third-order valence-corrected chi connectivity index (χ3v) is 5.12. The van der Waals surface area contributed by atoms with Gasteiger partial charge in [-0.2, -0.15) is 0 Å². The molecule has 1 saturated heterocycles. The second-order valence-corrected chi connectivity index (χ2v) is 7.35. The molecule has 1 aromatic carbocycles. The number of halogens is 1. The molecular weight excluding hydrogens is 279 g/mol. The molecule has 2 atom stereocenters. The van der Waals surface area contributed by atoms with Crippen molar-refractivity contribution in [2.75, 3.05) is 11.4 Å². The number of piperazine rings is 1. The molecule has 2 fully saturated rings. The minimum absolute atomic E-state index is 0.0395. The Morgan fingerprint density at radius 1 is 1.32 bits per heavy atom. The van der Waals surface area contributed by atoms with E-state index in [1.54, 1.807) is 19.1 Å². The van der Waals surface area contributed by atoms with E-state index in [1.807, 2.05) is 0 Å². The number of carbonyl (C=O) groups is 1. The number of fused-ring (bicyclic) bond motifs is 1. The fraction of sp³-hybridized carbons (Fsp3) is 0.611. The molecule has 4 heteroatoms. The maximum Gasteiger partial charge on any atom is 0.150 e. The van der Waals surface area contributed by atoms with E-state index in [9.17, 15) is 9.18 Å². The van der Waals surface area contributed by atoms with Crippen LogP contribution in [-0.2, 0) is 0 Å². The first-order valence-corrected chi connectivity index (χ1v) is 8.21. The van der Waals surface area contributed by atoms with Crippen LogP contribution in [0, 0.1) is 12.7 Å². The van der Waals surface area contributed by atoms with Crippen LogP contribution in [0.25, 0.3) is 0 Å². The lowest BCUT2D eigenvalue weighted by molar-refractivity contribution is 0.112. The number of hydrogen-bond acceptors (Lipinski definition) is 3. The summed E-state index contributed by atoms with van der Waals surface area (Å²) in [4.78, 5) is 13.2. The largest absolute Gasteiger partial charge is 0.363 e. The van der Waals surface area contributed by atoms with E-state index >= 15 is 0 Å². The van der Waals surface area contributed by atoms with Gasteiger partial charge in [-0.25, -0.2) is 4.39 Å². The maximum absolute atomic E-state index is 14.8. The molecule has 0 unspecified atom stereocenters. The molecule has 1 saturated carbocycles. The second-order valence-electron chi connectivity index (χ2n) is 7.35. The van der Waals surface area contributed by atoms with Gasteiger partial charge < -0.3 is 10.2 Å². The normalized spacial score (nSPS) is 27.4. The number of nitrogens with one attached hydrogen (secondary N) is 1. The fourth-order valence-corrected chi connectivity index (χ4v) is 4.04. The highest BCUT2D eigenvalue weighted by atomic mass is 19.1. The zero-order chi connectivity index (χ0) is 15.9. The molecule has 0 spiro atoms. The average molecular weight is 304 g/mol. The van der Waals surface area contributed by atoms with Crippen LogP contribution in [0.15, 0.2) is 12.1 Å². The first-order chi connectivity index (χ1) is 10.4. The minimum Gasteiger partial charge on any atom is -0.363 e. The summed E-state index contributed by atoms with van der Waals surface area (Å²) in [5.74, 6) is -0.244. The summed E-state index contributed by atoms with van der Waals surface area (Å²) in [6, 6.07) is 4.29. The highest BCUT2D eigenvalue weighted by Gasteiger charge is 2.41. The summed E-state index contributed by atoms with van der Waals surface area (Å²) in [5, 5.41) is 3.73. The minimum atomic E-state index is -0.244. The van der Waals surface area contributed by atoms with Gasteiger partial charge in [0.15, 0.2) is 0 Å². The lowest BCUT2D eigenvalue weighted by atomic mass is 9.83. The number of carbonyl (C=O) groups excluding carboxylic acids is 1. The summed E-state index contributed by atoms with van der Waals surface area (Å²) in [6.07, 6.45) is 5.42. The van der Waals surface area contributed by atoms with E-state index < -0.39 is 0 Å². The monoisotopic (exact) mass is 304 g/mol. The molecular formula is C18H25FN2O. The molecule has 120 valence electrons. The first kappa shape index (κ1) is 15.5. The Morgan fingerprint density at radius 2 is 2.05 bits per heavy atom.